The Labute approximate surface area is 260 Å². The summed E-state index contributed by atoms with van der Waals surface area (Å²) in [6.07, 6.45) is -1.36. The van der Waals surface area contributed by atoms with E-state index in [9.17, 15) is 5.11 Å². The van der Waals surface area contributed by atoms with E-state index in [0.29, 0.717) is 26.4 Å². The van der Waals surface area contributed by atoms with E-state index in [4.69, 9.17) is 23.7 Å². The maximum atomic E-state index is 10.2. The lowest BCUT2D eigenvalue weighted by Gasteiger charge is -2.42. The first-order valence-electron chi connectivity index (χ1n) is 15.2. The number of hydrogen-bond acceptors (Lipinski definition) is 7. The van der Waals surface area contributed by atoms with Gasteiger partial charge in [0.1, 0.15) is 18.3 Å². The minimum Gasteiger partial charge on any atom is -0.396 e. The molecule has 232 valence electrons. The van der Waals surface area contributed by atoms with Gasteiger partial charge in [-0.1, -0.05) is 121 Å². The monoisotopic (exact) mass is 597 g/mol. The molecule has 4 aromatic rings. The van der Waals surface area contributed by atoms with Gasteiger partial charge in [-0.25, -0.2) is 0 Å². The smallest absolute Gasteiger partial charge is 0.188 e. The number of methoxy groups -OCH3 is 1. The van der Waals surface area contributed by atoms with Crippen LogP contribution >= 0.6 is 0 Å². The first kappa shape index (κ1) is 32.0. The summed E-state index contributed by atoms with van der Waals surface area (Å²) >= 11 is 0. The van der Waals surface area contributed by atoms with Gasteiger partial charge in [0.05, 0.1) is 32.5 Å². The molecule has 1 aliphatic rings. The first-order valence-corrected chi connectivity index (χ1v) is 15.2. The lowest BCUT2D eigenvalue weighted by atomic mass is 9.92. The molecule has 5 rings (SSSR count). The summed E-state index contributed by atoms with van der Waals surface area (Å²) in [5, 5.41) is 13.9. The topological polar surface area (TPSA) is 78.4 Å². The standard InChI is InChI=1S/C37H43NO6/c1-40-37(22-23-39)36(38-24-29-14-6-2-7-15-29)35(43-27-32-20-12-5-13-21-32)34(42-26-31-18-10-4-11-19-31)33(28-44-37)41-25-30-16-8-3-9-17-30/h2-21,33-36,38-39H,22-28H2,1H3/t33-,34-,35+,36-,37-/m0/s1. The molecular weight excluding hydrogens is 554 g/mol. The number of aliphatic hydroxyl groups is 1. The van der Waals surface area contributed by atoms with Gasteiger partial charge in [-0.3, -0.25) is 0 Å². The normalized spacial score (nSPS) is 23.7. The van der Waals surface area contributed by atoms with Gasteiger partial charge in [0, 0.05) is 26.7 Å². The van der Waals surface area contributed by atoms with Crippen LogP contribution in [0.25, 0.3) is 0 Å². The van der Waals surface area contributed by atoms with Crippen LogP contribution < -0.4 is 5.32 Å². The molecule has 5 atom stereocenters. The van der Waals surface area contributed by atoms with Crippen molar-refractivity contribution in [1.82, 2.24) is 5.32 Å². The van der Waals surface area contributed by atoms with E-state index in [-0.39, 0.29) is 19.6 Å². The molecule has 0 radical (unpaired) electrons. The van der Waals surface area contributed by atoms with E-state index in [1.807, 2.05) is 109 Å². The molecule has 0 spiro atoms. The van der Waals surface area contributed by atoms with Crippen molar-refractivity contribution in [2.75, 3.05) is 20.3 Å². The van der Waals surface area contributed by atoms with Gasteiger partial charge < -0.3 is 34.1 Å². The number of ether oxygens (including phenoxy) is 5. The lowest BCUT2D eigenvalue weighted by molar-refractivity contribution is -0.259. The number of benzene rings is 4. The first-order chi connectivity index (χ1) is 21.7. The van der Waals surface area contributed by atoms with Crippen LogP contribution in [0.4, 0.5) is 0 Å². The van der Waals surface area contributed by atoms with Gasteiger partial charge in [0.2, 0.25) is 0 Å². The number of hydrogen-bond donors (Lipinski definition) is 2. The van der Waals surface area contributed by atoms with Crippen LogP contribution in [0.5, 0.6) is 0 Å². The van der Waals surface area contributed by atoms with Crippen molar-refractivity contribution in [3.05, 3.63) is 144 Å². The summed E-state index contributed by atoms with van der Waals surface area (Å²) in [7, 11) is 1.62. The minimum absolute atomic E-state index is 0.131. The molecule has 2 N–H and O–H groups in total. The Kier molecular flexibility index (Phi) is 12.1. The third-order valence-corrected chi connectivity index (χ3v) is 8.04. The van der Waals surface area contributed by atoms with Crippen molar-refractivity contribution >= 4 is 0 Å². The number of aliphatic hydroxyl groups excluding tert-OH is 1. The fourth-order valence-electron chi connectivity index (χ4n) is 5.67. The quantitative estimate of drug-likeness (QED) is 0.183. The van der Waals surface area contributed by atoms with E-state index in [1.165, 1.54) is 0 Å². The second-order valence-corrected chi connectivity index (χ2v) is 11.0. The van der Waals surface area contributed by atoms with Crippen LogP contribution in [0.3, 0.4) is 0 Å². The summed E-state index contributed by atoms with van der Waals surface area (Å²) in [5.74, 6) is -1.20. The van der Waals surface area contributed by atoms with E-state index in [0.717, 1.165) is 22.3 Å². The Balaban J connectivity index is 1.52. The minimum atomic E-state index is -1.20. The highest BCUT2D eigenvalue weighted by Crippen LogP contribution is 2.35. The zero-order chi connectivity index (χ0) is 30.5. The SMILES string of the molecule is CO[C@@]1(CCO)OC[C@H](OCc2ccccc2)[C@H](OCc2ccccc2)[C@@H](OCc2ccccc2)[C@@H]1NCc1ccccc1. The molecule has 44 heavy (non-hydrogen) atoms. The molecule has 0 bridgehead atoms. The second-order valence-electron chi connectivity index (χ2n) is 11.0. The van der Waals surface area contributed by atoms with Crippen LogP contribution in [0.2, 0.25) is 0 Å². The maximum Gasteiger partial charge on any atom is 0.188 e. The van der Waals surface area contributed by atoms with E-state index >= 15 is 0 Å². The summed E-state index contributed by atoms with van der Waals surface area (Å²) in [6.45, 7) is 1.70. The van der Waals surface area contributed by atoms with Crippen LogP contribution in [0, 0.1) is 0 Å². The molecule has 7 nitrogen and oxygen atoms in total. The average molecular weight is 598 g/mol. The van der Waals surface area contributed by atoms with Crippen LogP contribution in [0.15, 0.2) is 121 Å². The predicted octanol–water partition coefficient (Wildman–Crippen LogP) is 5.66. The van der Waals surface area contributed by atoms with Crippen LogP contribution in [-0.4, -0.2) is 55.6 Å². The van der Waals surface area contributed by atoms with Gasteiger partial charge in [-0.15, -0.1) is 0 Å². The van der Waals surface area contributed by atoms with Crippen molar-refractivity contribution < 1.29 is 28.8 Å². The Morgan fingerprint density at radius 1 is 0.659 bits per heavy atom. The van der Waals surface area contributed by atoms with Gasteiger partial charge in [-0.05, 0) is 22.3 Å². The fraction of sp³-hybridized carbons (Fsp3) is 0.351. The van der Waals surface area contributed by atoms with Gasteiger partial charge in [0.15, 0.2) is 5.79 Å². The highest BCUT2D eigenvalue weighted by molar-refractivity contribution is 5.17. The Morgan fingerprint density at radius 2 is 1.11 bits per heavy atom. The molecule has 0 saturated carbocycles. The number of rotatable bonds is 15. The second kappa shape index (κ2) is 16.6. The molecule has 4 aromatic carbocycles. The average Bonchev–Trinajstić information content (AvgIpc) is 3.20. The largest absolute Gasteiger partial charge is 0.396 e. The zero-order valence-corrected chi connectivity index (χ0v) is 25.3. The van der Waals surface area contributed by atoms with Crippen molar-refractivity contribution in [2.45, 2.75) is 62.9 Å². The molecule has 0 aliphatic carbocycles. The molecule has 1 heterocycles. The molecule has 1 fully saturated rings. The molecule has 0 unspecified atom stereocenters. The Bertz CT molecular complexity index is 1340. The zero-order valence-electron chi connectivity index (χ0n) is 25.3. The molecule has 1 saturated heterocycles. The summed E-state index contributed by atoms with van der Waals surface area (Å²) in [6, 6.07) is 39.9. The van der Waals surface area contributed by atoms with Crippen molar-refractivity contribution in [1.29, 1.82) is 0 Å². The molecule has 1 aliphatic heterocycles. The van der Waals surface area contributed by atoms with Crippen molar-refractivity contribution in [2.24, 2.45) is 0 Å². The fourth-order valence-corrected chi connectivity index (χ4v) is 5.67. The van der Waals surface area contributed by atoms with E-state index < -0.39 is 30.1 Å². The van der Waals surface area contributed by atoms with Gasteiger partial charge in [0.25, 0.3) is 0 Å². The van der Waals surface area contributed by atoms with E-state index in [1.54, 1.807) is 7.11 Å². The van der Waals surface area contributed by atoms with E-state index in [2.05, 4.69) is 17.4 Å². The van der Waals surface area contributed by atoms with Gasteiger partial charge >= 0.3 is 0 Å². The predicted molar refractivity (Wildman–Crippen MR) is 170 cm³/mol. The van der Waals surface area contributed by atoms with Crippen molar-refractivity contribution in [3.63, 3.8) is 0 Å². The molecule has 7 heteroatoms. The Hall–Kier alpha value is -3.40. The molecule has 0 aromatic heterocycles. The summed E-state index contributed by atoms with van der Waals surface area (Å²) in [4.78, 5) is 0. The highest BCUT2D eigenvalue weighted by Gasteiger charge is 2.53. The summed E-state index contributed by atoms with van der Waals surface area (Å²) in [5.41, 5.74) is 4.23. The van der Waals surface area contributed by atoms with Crippen LogP contribution in [-0.2, 0) is 50.0 Å². The molecule has 0 amide bonds. The van der Waals surface area contributed by atoms with Crippen molar-refractivity contribution in [3.8, 4) is 0 Å². The van der Waals surface area contributed by atoms with Gasteiger partial charge in [-0.2, -0.15) is 0 Å². The molecular formula is C37H43NO6. The highest BCUT2D eigenvalue weighted by atomic mass is 16.7. The van der Waals surface area contributed by atoms with Crippen LogP contribution in [0.1, 0.15) is 28.7 Å². The number of nitrogens with one attached hydrogen (secondary N) is 1. The third kappa shape index (κ3) is 8.61. The maximum absolute atomic E-state index is 10.2. The lowest BCUT2D eigenvalue weighted by Crippen LogP contribution is -2.62. The summed E-state index contributed by atoms with van der Waals surface area (Å²) < 4.78 is 33.0. The third-order valence-electron chi connectivity index (χ3n) is 8.04. The Morgan fingerprint density at radius 3 is 1.59 bits per heavy atom.